The molecular weight excluding hydrogens is 516 g/mol. The molecule has 156 valence electrons. The zero-order valence-electron chi connectivity index (χ0n) is 15.4. The first-order valence-electron chi connectivity index (χ1n) is 8.74. The third kappa shape index (κ3) is 4.95. The van der Waals surface area contributed by atoms with Gasteiger partial charge in [-0.25, -0.2) is 4.98 Å². The lowest BCUT2D eigenvalue weighted by molar-refractivity contribution is 0.0978. The third-order valence-electron chi connectivity index (χ3n) is 4.22. The zero-order valence-corrected chi connectivity index (χ0v) is 20.0. The van der Waals surface area contributed by atoms with E-state index in [-0.39, 0.29) is 15.7 Å². The molecule has 0 unspecified atom stereocenters. The van der Waals surface area contributed by atoms with Crippen molar-refractivity contribution < 1.29 is 4.79 Å². The summed E-state index contributed by atoms with van der Waals surface area (Å²) >= 11 is 31.6. The second kappa shape index (κ2) is 9.28. The number of fused-ring (bicyclic) bond motifs is 1. The van der Waals surface area contributed by atoms with Crippen molar-refractivity contribution in [2.75, 3.05) is 5.32 Å². The van der Waals surface area contributed by atoms with E-state index >= 15 is 0 Å². The molecule has 4 rings (SSSR count). The van der Waals surface area contributed by atoms with Crippen molar-refractivity contribution in [3.63, 3.8) is 0 Å². The summed E-state index contributed by atoms with van der Waals surface area (Å²) in [6, 6.07) is 15.7. The fraction of sp³-hybridized carbons (Fsp3) is 0. The molecule has 0 aliphatic carbocycles. The first kappa shape index (κ1) is 22.3. The molecule has 0 bridgehead atoms. The summed E-state index contributed by atoms with van der Waals surface area (Å²) < 4.78 is 1.02. The molecule has 0 aliphatic rings. The van der Waals surface area contributed by atoms with Crippen molar-refractivity contribution in [2.24, 2.45) is 0 Å². The second-order valence-electron chi connectivity index (χ2n) is 6.33. The minimum Gasteiger partial charge on any atom is -0.331 e. The molecule has 0 fully saturated rings. The number of nitrogens with one attached hydrogen (secondary N) is 2. The van der Waals surface area contributed by atoms with Gasteiger partial charge < -0.3 is 5.32 Å². The molecule has 3 aromatic carbocycles. The number of nitrogens with zero attached hydrogens (tertiary/aromatic N) is 1. The molecule has 0 saturated heterocycles. The SMILES string of the molecule is O=C(NC(=S)Nc1c(Cl)cc(Cl)cc1-c1nc2ccccc2s1)c1cc(Cl)ccc1Cl. The van der Waals surface area contributed by atoms with E-state index in [9.17, 15) is 4.79 Å². The van der Waals surface area contributed by atoms with Crippen molar-refractivity contribution >= 4 is 96.9 Å². The van der Waals surface area contributed by atoms with Crippen LogP contribution in [-0.2, 0) is 0 Å². The number of aromatic nitrogens is 1. The molecule has 10 heteroatoms. The van der Waals surface area contributed by atoms with Gasteiger partial charge in [-0.15, -0.1) is 11.3 Å². The third-order valence-corrected chi connectivity index (χ3v) is 6.57. The van der Waals surface area contributed by atoms with Crippen LogP contribution in [-0.4, -0.2) is 16.0 Å². The van der Waals surface area contributed by atoms with Gasteiger partial charge in [0, 0.05) is 15.6 Å². The molecule has 0 radical (unpaired) electrons. The van der Waals surface area contributed by atoms with Crippen molar-refractivity contribution in [1.29, 1.82) is 0 Å². The number of thiocarbonyl (C=S) groups is 1. The number of benzene rings is 3. The predicted molar refractivity (Wildman–Crippen MR) is 135 cm³/mol. The van der Waals surface area contributed by atoms with Crippen molar-refractivity contribution in [3.05, 3.63) is 80.3 Å². The summed E-state index contributed by atoms with van der Waals surface area (Å²) in [4.78, 5) is 17.2. The molecule has 0 aliphatic heterocycles. The average molecular weight is 527 g/mol. The first-order valence-corrected chi connectivity index (χ1v) is 11.5. The van der Waals surface area contributed by atoms with Crippen LogP contribution in [0.1, 0.15) is 10.4 Å². The van der Waals surface area contributed by atoms with Crippen LogP contribution in [0.4, 0.5) is 5.69 Å². The monoisotopic (exact) mass is 525 g/mol. The molecule has 0 spiro atoms. The minimum atomic E-state index is -0.503. The largest absolute Gasteiger partial charge is 0.331 e. The number of carbonyl (C=O) groups is 1. The van der Waals surface area contributed by atoms with Crippen LogP contribution < -0.4 is 10.6 Å². The quantitative estimate of drug-likeness (QED) is 0.268. The summed E-state index contributed by atoms with van der Waals surface area (Å²) in [6.45, 7) is 0. The van der Waals surface area contributed by atoms with Crippen LogP contribution in [0.2, 0.25) is 20.1 Å². The highest BCUT2D eigenvalue weighted by Gasteiger charge is 2.18. The minimum absolute atomic E-state index is 0.0348. The van der Waals surface area contributed by atoms with Gasteiger partial charge in [-0.2, -0.15) is 0 Å². The van der Waals surface area contributed by atoms with E-state index in [1.165, 1.54) is 23.5 Å². The highest BCUT2D eigenvalue weighted by atomic mass is 35.5. The Kier molecular flexibility index (Phi) is 6.67. The summed E-state index contributed by atoms with van der Waals surface area (Å²) in [5, 5.41) is 7.73. The number of amides is 1. The lowest BCUT2D eigenvalue weighted by atomic mass is 10.2. The van der Waals surface area contributed by atoms with E-state index < -0.39 is 5.91 Å². The van der Waals surface area contributed by atoms with Crippen LogP contribution in [0.25, 0.3) is 20.8 Å². The average Bonchev–Trinajstić information content (AvgIpc) is 3.15. The van der Waals surface area contributed by atoms with Crippen LogP contribution in [0.3, 0.4) is 0 Å². The molecule has 31 heavy (non-hydrogen) atoms. The number of para-hydroxylation sites is 1. The summed E-state index contributed by atoms with van der Waals surface area (Å²) in [7, 11) is 0. The Bertz CT molecular complexity index is 1310. The standard InChI is InChI=1S/C21H11Cl4N3OS2/c22-10-5-6-14(24)12(7-10)19(29)28-21(30)27-18-13(8-11(23)9-15(18)25)20-26-16-3-1-2-4-17(16)31-20/h1-9H,(H2,27,28,29,30). The molecule has 4 aromatic rings. The fourth-order valence-electron chi connectivity index (χ4n) is 2.84. The Morgan fingerprint density at radius 1 is 0.935 bits per heavy atom. The molecule has 0 atom stereocenters. The van der Waals surface area contributed by atoms with Gasteiger partial charge in [-0.3, -0.25) is 10.1 Å². The number of rotatable bonds is 3. The normalized spacial score (nSPS) is 10.8. The van der Waals surface area contributed by atoms with E-state index in [0.29, 0.717) is 31.3 Å². The van der Waals surface area contributed by atoms with Crippen LogP contribution in [0.5, 0.6) is 0 Å². The van der Waals surface area contributed by atoms with Crippen molar-refractivity contribution in [1.82, 2.24) is 10.3 Å². The topological polar surface area (TPSA) is 54.0 Å². The van der Waals surface area contributed by atoms with E-state index in [4.69, 9.17) is 58.6 Å². The molecule has 4 nitrogen and oxygen atoms in total. The fourth-order valence-corrected chi connectivity index (χ4v) is 4.94. The van der Waals surface area contributed by atoms with Gasteiger partial charge in [0.15, 0.2) is 5.11 Å². The van der Waals surface area contributed by atoms with E-state index in [1.54, 1.807) is 18.2 Å². The number of anilines is 1. The zero-order chi connectivity index (χ0) is 22.1. The maximum Gasteiger partial charge on any atom is 0.258 e. The highest BCUT2D eigenvalue weighted by Crippen LogP contribution is 2.40. The molecule has 1 aromatic heterocycles. The maximum atomic E-state index is 12.6. The van der Waals surface area contributed by atoms with Gasteiger partial charge in [0.1, 0.15) is 5.01 Å². The maximum absolute atomic E-state index is 12.6. The smallest absolute Gasteiger partial charge is 0.258 e. The van der Waals surface area contributed by atoms with E-state index in [0.717, 1.165) is 10.2 Å². The number of hydrogen-bond donors (Lipinski definition) is 2. The van der Waals surface area contributed by atoms with Crippen molar-refractivity contribution in [2.45, 2.75) is 0 Å². The van der Waals surface area contributed by atoms with Gasteiger partial charge in [-0.1, -0.05) is 58.5 Å². The van der Waals surface area contributed by atoms with Gasteiger partial charge in [-0.05, 0) is 54.7 Å². The number of thiazole rings is 1. The van der Waals surface area contributed by atoms with Crippen LogP contribution in [0.15, 0.2) is 54.6 Å². The van der Waals surface area contributed by atoms with E-state index in [2.05, 4.69) is 15.6 Å². The molecule has 1 amide bonds. The lowest BCUT2D eigenvalue weighted by Crippen LogP contribution is -2.34. The predicted octanol–water partition coefficient (Wildman–Crippen LogP) is 7.70. The Labute approximate surface area is 207 Å². The Balaban J connectivity index is 1.64. The first-order chi connectivity index (χ1) is 14.8. The Morgan fingerprint density at radius 2 is 1.71 bits per heavy atom. The lowest BCUT2D eigenvalue weighted by Gasteiger charge is -2.15. The summed E-state index contributed by atoms with van der Waals surface area (Å²) in [5.41, 5.74) is 2.20. The summed E-state index contributed by atoms with van der Waals surface area (Å²) in [5.74, 6) is -0.503. The van der Waals surface area contributed by atoms with Gasteiger partial charge in [0.2, 0.25) is 0 Å². The van der Waals surface area contributed by atoms with Gasteiger partial charge in [0.05, 0.1) is 31.5 Å². The van der Waals surface area contributed by atoms with Crippen LogP contribution >= 0.6 is 70.0 Å². The number of carbonyl (C=O) groups excluding carboxylic acids is 1. The highest BCUT2D eigenvalue weighted by molar-refractivity contribution is 7.80. The number of hydrogen-bond acceptors (Lipinski definition) is 4. The van der Waals surface area contributed by atoms with Crippen LogP contribution in [0, 0.1) is 0 Å². The molecule has 2 N–H and O–H groups in total. The van der Waals surface area contributed by atoms with E-state index in [1.807, 2.05) is 24.3 Å². The second-order valence-corrected chi connectivity index (χ2v) is 9.46. The van der Waals surface area contributed by atoms with Crippen molar-refractivity contribution in [3.8, 4) is 10.6 Å². The molecular formula is C21H11Cl4N3OS2. The Morgan fingerprint density at radius 3 is 2.48 bits per heavy atom. The van der Waals surface area contributed by atoms with Gasteiger partial charge in [0.25, 0.3) is 5.91 Å². The Hall–Kier alpha value is -1.93. The summed E-state index contributed by atoms with van der Waals surface area (Å²) in [6.07, 6.45) is 0. The molecule has 1 heterocycles. The number of halogens is 4. The molecule has 0 saturated carbocycles. The van der Waals surface area contributed by atoms with Gasteiger partial charge >= 0.3 is 0 Å².